The Morgan fingerprint density at radius 3 is 2.95 bits per heavy atom. The molecule has 2 rings (SSSR count). The van der Waals surface area contributed by atoms with Gasteiger partial charge in [0.05, 0.1) is 25.8 Å². The van der Waals surface area contributed by atoms with Gasteiger partial charge in [0.1, 0.15) is 0 Å². The third kappa shape index (κ3) is 3.45. The van der Waals surface area contributed by atoms with Crippen LogP contribution in [-0.2, 0) is 14.3 Å². The molecule has 0 aliphatic carbocycles. The van der Waals surface area contributed by atoms with Crippen molar-refractivity contribution in [2.24, 2.45) is 5.92 Å². The number of hydrogen-bond acceptors (Lipinski definition) is 6. The van der Waals surface area contributed by atoms with Crippen molar-refractivity contribution >= 4 is 17.8 Å². The number of amides is 2. The average molecular weight is 280 g/mol. The number of carbonyl (C=O) groups is 3. The van der Waals surface area contributed by atoms with E-state index < -0.39 is 11.8 Å². The number of esters is 1. The fourth-order valence-electron chi connectivity index (χ4n) is 2.17. The number of likely N-dealkylation sites (tertiary alicyclic amines) is 1. The first-order valence-corrected chi connectivity index (χ1v) is 6.28. The van der Waals surface area contributed by atoms with Gasteiger partial charge in [0, 0.05) is 6.54 Å². The highest BCUT2D eigenvalue weighted by Gasteiger charge is 2.30. The van der Waals surface area contributed by atoms with Gasteiger partial charge in [-0.2, -0.15) is 0 Å². The molecule has 0 saturated carbocycles. The molecule has 7 heteroatoms. The molecule has 20 heavy (non-hydrogen) atoms. The SMILES string of the molecule is COC(=O)C1CCN(CC(=O)NC(=O)c2ccco2)C1. The van der Waals surface area contributed by atoms with Gasteiger partial charge in [0.2, 0.25) is 5.91 Å². The van der Waals surface area contributed by atoms with Crippen molar-refractivity contribution in [3.63, 3.8) is 0 Å². The first-order chi connectivity index (χ1) is 9.60. The summed E-state index contributed by atoms with van der Waals surface area (Å²) in [5, 5.41) is 2.24. The standard InChI is InChI=1S/C13H16N2O5/c1-19-13(18)9-4-5-15(7-9)8-11(16)14-12(17)10-3-2-6-20-10/h2-3,6,9H,4-5,7-8H2,1H3,(H,14,16,17). The molecule has 0 aromatic carbocycles. The van der Waals surface area contributed by atoms with Gasteiger partial charge in [-0.25, -0.2) is 0 Å². The lowest BCUT2D eigenvalue weighted by Crippen LogP contribution is -2.39. The van der Waals surface area contributed by atoms with Crippen molar-refractivity contribution in [2.75, 3.05) is 26.7 Å². The number of nitrogens with zero attached hydrogens (tertiary/aromatic N) is 1. The Morgan fingerprint density at radius 1 is 1.50 bits per heavy atom. The maximum Gasteiger partial charge on any atom is 0.310 e. The summed E-state index contributed by atoms with van der Waals surface area (Å²) in [6, 6.07) is 3.05. The lowest BCUT2D eigenvalue weighted by atomic mass is 10.1. The van der Waals surface area contributed by atoms with Gasteiger partial charge in [-0.1, -0.05) is 0 Å². The Hall–Kier alpha value is -2.15. The smallest absolute Gasteiger partial charge is 0.310 e. The number of carbonyl (C=O) groups excluding carboxylic acids is 3. The summed E-state index contributed by atoms with van der Waals surface area (Å²) in [6.45, 7) is 1.16. The number of hydrogen-bond donors (Lipinski definition) is 1. The van der Waals surface area contributed by atoms with Gasteiger partial charge < -0.3 is 9.15 Å². The first-order valence-electron chi connectivity index (χ1n) is 6.28. The molecule has 1 aliphatic rings. The summed E-state index contributed by atoms with van der Waals surface area (Å²) < 4.78 is 9.56. The molecule has 1 aliphatic heterocycles. The van der Waals surface area contributed by atoms with E-state index in [1.54, 1.807) is 6.07 Å². The number of methoxy groups -OCH3 is 1. The molecule has 1 N–H and O–H groups in total. The zero-order valence-corrected chi connectivity index (χ0v) is 11.1. The summed E-state index contributed by atoms with van der Waals surface area (Å²) >= 11 is 0. The molecule has 1 aromatic heterocycles. The average Bonchev–Trinajstić information content (AvgIpc) is 3.08. The summed E-state index contributed by atoms with van der Waals surface area (Å²) in [5.74, 6) is -1.36. The van der Waals surface area contributed by atoms with Gasteiger partial charge in [-0.05, 0) is 25.1 Å². The Bertz CT molecular complexity index is 497. The van der Waals surface area contributed by atoms with E-state index in [0.717, 1.165) is 0 Å². The van der Waals surface area contributed by atoms with Crippen LogP contribution in [0.4, 0.5) is 0 Å². The quantitative estimate of drug-likeness (QED) is 0.783. The van der Waals surface area contributed by atoms with E-state index in [1.165, 1.54) is 19.4 Å². The van der Waals surface area contributed by atoms with Crippen LogP contribution in [-0.4, -0.2) is 49.4 Å². The highest BCUT2D eigenvalue weighted by atomic mass is 16.5. The molecule has 108 valence electrons. The van der Waals surface area contributed by atoms with E-state index in [-0.39, 0.29) is 24.2 Å². The largest absolute Gasteiger partial charge is 0.469 e. The summed E-state index contributed by atoms with van der Waals surface area (Å²) in [4.78, 5) is 36.5. The third-order valence-corrected chi connectivity index (χ3v) is 3.17. The second kappa shape index (κ2) is 6.33. The molecule has 2 heterocycles. The van der Waals surface area contributed by atoms with Crippen molar-refractivity contribution in [1.29, 1.82) is 0 Å². The first kappa shape index (κ1) is 14.3. The molecule has 1 atom stereocenters. The van der Waals surface area contributed by atoms with Crippen molar-refractivity contribution in [1.82, 2.24) is 10.2 Å². The van der Waals surface area contributed by atoms with Crippen molar-refractivity contribution in [3.8, 4) is 0 Å². The molecular formula is C13H16N2O5. The zero-order valence-electron chi connectivity index (χ0n) is 11.1. The van der Waals surface area contributed by atoms with Crippen LogP contribution in [0.25, 0.3) is 0 Å². The van der Waals surface area contributed by atoms with Crippen molar-refractivity contribution in [3.05, 3.63) is 24.2 Å². The Labute approximate surface area is 115 Å². The van der Waals surface area contributed by atoms with Gasteiger partial charge in [-0.15, -0.1) is 0 Å². The van der Waals surface area contributed by atoms with Crippen LogP contribution in [0.3, 0.4) is 0 Å². The van der Waals surface area contributed by atoms with Crippen LogP contribution >= 0.6 is 0 Å². The molecule has 0 spiro atoms. The Kier molecular flexibility index (Phi) is 4.52. The fourth-order valence-corrected chi connectivity index (χ4v) is 2.17. The van der Waals surface area contributed by atoms with E-state index in [1.807, 2.05) is 4.90 Å². The van der Waals surface area contributed by atoms with E-state index in [2.05, 4.69) is 10.1 Å². The van der Waals surface area contributed by atoms with E-state index >= 15 is 0 Å². The Balaban J connectivity index is 1.78. The van der Waals surface area contributed by atoms with Crippen LogP contribution in [0.1, 0.15) is 17.0 Å². The molecule has 7 nitrogen and oxygen atoms in total. The number of ether oxygens (including phenoxy) is 1. The van der Waals surface area contributed by atoms with Crippen molar-refractivity contribution in [2.45, 2.75) is 6.42 Å². The lowest BCUT2D eigenvalue weighted by Gasteiger charge is -2.14. The molecule has 0 bridgehead atoms. The highest BCUT2D eigenvalue weighted by Crippen LogP contribution is 2.16. The molecule has 0 radical (unpaired) electrons. The molecule has 2 amide bonds. The molecule has 1 fully saturated rings. The maximum absolute atomic E-state index is 11.7. The van der Waals surface area contributed by atoms with Crippen molar-refractivity contribution < 1.29 is 23.5 Å². The van der Waals surface area contributed by atoms with E-state index in [9.17, 15) is 14.4 Å². The second-order valence-corrected chi connectivity index (χ2v) is 4.60. The summed E-state index contributed by atoms with van der Waals surface area (Å²) in [5.41, 5.74) is 0. The number of nitrogens with one attached hydrogen (secondary N) is 1. The minimum Gasteiger partial charge on any atom is -0.469 e. The number of rotatable bonds is 4. The van der Waals surface area contributed by atoms with E-state index in [4.69, 9.17) is 4.42 Å². The molecule has 1 unspecified atom stereocenters. The molecular weight excluding hydrogens is 264 g/mol. The van der Waals surface area contributed by atoms with Crippen LogP contribution in [0.5, 0.6) is 0 Å². The monoisotopic (exact) mass is 280 g/mol. The van der Waals surface area contributed by atoms with Gasteiger partial charge >= 0.3 is 5.97 Å². The second-order valence-electron chi connectivity index (χ2n) is 4.60. The fraction of sp³-hybridized carbons (Fsp3) is 0.462. The van der Waals surface area contributed by atoms with Gasteiger partial charge in [0.15, 0.2) is 5.76 Å². The lowest BCUT2D eigenvalue weighted by molar-refractivity contribution is -0.145. The molecule has 1 aromatic rings. The maximum atomic E-state index is 11.7. The molecule has 1 saturated heterocycles. The highest BCUT2D eigenvalue weighted by molar-refractivity contribution is 6.03. The Morgan fingerprint density at radius 2 is 2.30 bits per heavy atom. The minimum atomic E-state index is -0.566. The van der Waals surface area contributed by atoms with Crippen LogP contribution in [0.15, 0.2) is 22.8 Å². The summed E-state index contributed by atoms with van der Waals surface area (Å²) in [7, 11) is 1.35. The van der Waals surface area contributed by atoms with Crippen LogP contribution in [0.2, 0.25) is 0 Å². The topological polar surface area (TPSA) is 88.9 Å². The number of furan rings is 1. The van der Waals surface area contributed by atoms with Crippen LogP contribution < -0.4 is 5.32 Å². The predicted molar refractivity (Wildman–Crippen MR) is 67.7 cm³/mol. The minimum absolute atomic E-state index is 0.0694. The van der Waals surface area contributed by atoms with E-state index in [0.29, 0.717) is 19.5 Å². The third-order valence-electron chi connectivity index (χ3n) is 3.17. The normalized spacial score (nSPS) is 18.8. The van der Waals surface area contributed by atoms with Crippen LogP contribution in [0, 0.1) is 5.92 Å². The zero-order chi connectivity index (χ0) is 14.5. The van der Waals surface area contributed by atoms with Gasteiger partial charge in [0.25, 0.3) is 5.91 Å². The summed E-state index contributed by atoms with van der Waals surface area (Å²) in [6.07, 6.45) is 2.02. The van der Waals surface area contributed by atoms with Gasteiger partial charge in [-0.3, -0.25) is 24.6 Å². The number of imide groups is 1. The predicted octanol–water partition coefficient (Wildman–Crippen LogP) is 0.0309.